The quantitative estimate of drug-likeness (QED) is 0.574. The van der Waals surface area contributed by atoms with Crippen LogP contribution in [0.25, 0.3) is 0 Å². The lowest BCUT2D eigenvalue weighted by atomic mass is 10.1. The number of thiazole rings is 1. The molecule has 7 nitrogen and oxygen atoms in total. The van der Waals surface area contributed by atoms with Gasteiger partial charge in [-0.15, -0.1) is 11.3 Å². The Kier molecular flexibility index (Phi) is 8.09. The predicted octanol–water partition coefficient (Wildman–Crippen LogP) is 1.59. The maximum atomic E-state index is 12.5. The van der Waals surface area contributed by atoms with Crippen LogP contribution in [-0.2, 0) is 11.2 Å². The van der Waals surface area contributed by atoms with Crippen LogP contribution in [0.15, 0.2) is 11.2 Å². The zero-order valence-corrected chi connectivity index (χ0v) is 18.1. The minimum absolute atomic E-state index is 0.299. The minimum Gasteiger partial charge on any atom is -0.357 e. The number of nitrogens with one attached hydrogen (secondary N) is 1. The van der Waals surface area contributed by atoms with Gasteiger partial charge in [0.15, 0.2) is 5.96 Å². The van der Waals surface area contributed by atoms with Gasteiger partial charge in [0.1, 0.15) is 0 Å². The second-order valence-corrected chi connectivity index (χ2v) is 8.87. The summed E-state index contributed by atoms with van der Waals surface area (Å²) in [5, 5.41) is 4.57. The van der Waals surface area contributed by atoms with Crippen molar-refractivity contribution in [1.29, 1.82) is 0 Å². The van der Waals surface area contributed by atoms with E-state index in [9.17, 15) is 4.79 Å². The predicted molar refractivity (Wildman–Crippen MR) is 115 cm³/mol. The molecule has 1 amide bonds. The average Bonchev–Trinajstić information content (AvgIpc) is 3.14. The number of aliphatic imine (C=N–C) groups is 1. The molecular formula is C20H34N6OS. The van der Waals surface area contributed by atoms with Crippen molar-refractivity contribution in [2.24, 2.45) is 4.99 Å². The first kappa shape index (κ1) is 21.0. The normalized spacial score (nSPS) is 19.1. The summed E-state index contributed by atoms with van der Waals surface area (Å²) in [6.07, 6.45) is 6.39. The Balaban J connectivity index is 1.45. The van der Waals surface area contributed by atoms with E-state index in [-0.39, 0.29) is 0 Å². The summed E-state index contributed by atoms with van der Waals surface area (Å²) in [7, 11) is 0. The first-order chi connectivity index (χ1) is 13.7. The molecule has 0 aliphatic carbocycles. The van der Waals surface area contributed by atoms with E-state index in [4.69, 9.17) is 4.99 Å². The van der Waals surface area contributed by atoms with Crippen molar-refractivity contribution in [1.82, 2.24) is 25.0 Å². The first-order valence-electron chi connectivity index (χ1n) is 10.6. The zero-order valence-electron chi connectivity index (χ0n) is 17.3. The fraction of sp³-hybridized carbons (Fsp3) is 0.750. The van der Waals surface area contributed by atoms with Crippen LogP contribution in [0, 0.1) is 6.92 Å². The molecule has 2 aliphatic rings. The molecule has 3 rings (SSSR count). The van der Waals surface area contributed by atoms with Crippen molar-refractivity contribution >= 4 is 23.2 Å². The van der Waals surface area contributed by atoms with E-state index in [0.717, 1.165) is 82.6 Å². The number of aromatic nitrogens is 1. The van der Waals surface area contributed by atoms with Gasteiger partial charge in [0.25, 0.3) is 0 Å². The number of piperidine rings is 1. The van der Waals surface area contributed by atoms with Gasteiger partial charge in [-0.1, -0.05) is 0 Å². The topological polar surface area (TPSA) is 64.1 Å². The highest BCUT2D eigenvalue weighted by molar-refractivity contribution is 7.11. The average molecular weight is 407 g/mol. The number of aryl methyl sites for hydroxylation is 1. The highest BCUT2D eigenvalue weighted by Crippen LogP contribution is 2.12. The molecule has 1 N–H and O–H groups in total. The number of hydrogen-bond acceptors (Lipinski definition) is 5. The van der Waals surface area contributed by atoms with Gasteiger partial charge in [0, 0.05) is 69.9 Å². The lowest BCUT2D eigenvalue weighted by Crippen LogP contribution is -2.54. The molecular weight excluding hydrogens is 372 g/mol. The smallest absolute Gasteiger partial charge is 0.236 e. The summed E-state index contributed by atoms with van der Waals surface area (Å²) in [4.78, 5) is 29.6. The fourth-order valence-corrected chi connectivity index (χ4v) is 4.53. The van der Waals surface area contributed by atoms with Gasteiger partial charge < -0.3 is 15.1 Å². The van der Waals surface area contributed by atoms with Crippen LogP contribution in [0.3, 0.4) is 0 Å². The highest BCUT2D eigenvalue weighted by Gasteiger charge is 2.24. The molecule has 8 heteroatoms. The van der Waals surface area contributed by atoms with Crippen LogP contribution < -0.4 is 5.32 Å². The van der Waals surface area contributed by atoms with Crippen LogP contribution in [0.4, 0.5) is 0 Å². The molecule has 2 saturated heterocycles. The number of nitrogens with zero attached hydrogens (tertiary/aromatic N) is 5. The third-order valence-corrected chi connectivity index (χ3v) is 6.30. The Hall–Kier alpha value is -1.67. The van der Waals surface area contributed by atoms with Crippen LogP contribution in [-0.4, -0.2) is 90.5 Å². The summed E-state index contributed by atoms with van der Waals surface area (Å²) in [5.41, 5.74) is 0. The van der Waals surface area contributed by atoms with Crippen molar-refractivity contribution in [2.45, 2.75) is 39.5 Å². The number of rotatable bonds is 6. The van der Waals surface area contributed by atoms with E-state index >= 15 is 0 Å². The van der Waals surface area contributed by atoms with Gasteiger partial charge in [0.05, 0.1) is 11.6 Å². The second-order valence-electron chi connectivity index (χ2n) is 7.55. The summed E-state index contributed by atoms with van der Waals surface area (Å²) >= 11 is 1.75. The lowest BCUT2D eigenvalue weighted by Gasteiger charge is -2.37. The maximum Gasteiger partial charge on any atom is 0.236 e. The van der Waals surface area contributed by atoms with Crippen LogP contribution in [0.5, 0.6) is 0 Å². The number of carbonyl (C=O) groups excluding carboxylic acids is 1. The van der Waals surface area contributed by atoms with Crippen molar-refractivity contribution in [3.8, 4) is 0 Å². The second kappa shape index (κ2) is 10.8. The highest BCUT2D eigenvalue weighted by atomic mass is 32.1. The van der Waals surface area contributed by atoms with Crippen molar-refractivity contribution in [3.05, 3.63) is 16.1 Å². The number of amides is 1. The number of hydrogen-bond donors (Lipinski definition) is 1. The summed E-state index contributed by atoms with van der Waals surface area (Å²) in [6.45, 7) is 11.9. The molecule has 1 aromatic heterocycles. The molecule has 2 fully saturated rings. The molecule has 0 bridgehead atoms. The van der Waals surface area contributed by atoms with Gasteiger partial charge in [0.2, 0.25) is 5.91 Å². The van der Waals surface area contributed by atoms with Gasteiger partial charge in [-0.3, -0.25) is 14.7 Å². The molecule has 0 aromatic carbocycles. The molecule has 0 saturated carbocycles. The molecule has 0 radical (unpaired) electrons. The van der Waals surface area contributed by atoms with Gasteiger partial charge in [-0.2, -0.15) is 0 Å². The Morgan fingerprint density at radius 3 is 2.54 bits per heavy atom. The van der Waals surface area contributed by atoms with E-state index in [1.807, 2.05) is 11.1 Å². The molecule has 156 valence electrons. The molecule has 28 heavy (non-hydrogen) atoms. The largest absolute Gasteiger partial charge is 0.357 e. The number of guanidine groups is 1. The van der Waals surface area contributed by atoms with Crippen molar-refractivity contribution in [2.75, 3.05) is 58.9 Å². The molecule has 1 aromatic rings. The SMILES string of the molecule is CCNC(=NCCc1ncc(C)s1)N1CCN(CC(=O)N2CCCCC2)CC1. The third kappa shape index (κ3) is 6.17. The summed E-state index contributed by atoms with van der Waals surface area (Å²) in [5.74, 6) is 1.28. The fourth-order valence-electron chi connectivity index (χ4n) is 3.75. The van der Waals surface area contributed by atoms with Crippen molar-refractivity contribution in [3.63, 3.8) is 0 Å². The van der Waals surface area contributed by atoms with E-state index < -0.39 is 0 Å². The Labute approximate surface area is 172 Å². The summed E-state index contributed by atoms with van der Waals surface area (Å²) < 4.78 is 0. The lowest BCUT2D eigenvalue weighted by molar-refractivity contribution is -0.133. The van der Waals surface area contributed by atoms with Gasteiger partial charge >= 0.3 is 0 Å². The van der Waals surface area contributed by atoms with Crippen LogP contribution >= 0.6 is 11.3 Å². The number of likely N-dealkylation sites (tertiary alicyclic amines) is 1. The van der Waals surface area contributed by atoms with Crippen LogP contribution in [0.2, 0.25) is 0 Å². The third-order valence-electron chi connectivity index (χ3n) is 5.33. The monoisotopic (exact) mass is 406 g/mol. The zero-order chi connectivity index (χ0) is 19.8. The molecule has 0 spiro atoms. The van der Waals surface area contributed by atoms with Crippen molar-refractivity contribution < 1.29 is 4.79 Å². The van der Waals surface area contributed by atoms with Crippen LogP contribution in [0.1, 0.15) is 36.1 Å². The number of piperazine rings is 1. The Morgan fingerprint density at radius 1 is 1.14 bits per heavy atom. The first-order valence-corrected chi connectivity index (χ1v) is 11.4. The van der Waals surface area contributed by atoms with E-state index in [1.165, 1.54) is 11.3 Å². The maximum absolute atomic E-state index is 12.5. The Morgan fingerprint density at radius 2 is 1.89 bits per heavy atom. The standard InChI is InChI=1S/C20H34N6OS/c1-3-21-20(22-8-7-18-23-15-17(2)28-18)26-13-11-24(12-14-26)16-19(27)25-9-5-4-6-10-25/h15H,3-14,16H2,1-2H3,(H,21,22). The summed E-state index contributed by atoms with van der Waals surface area (Å²) in [6, 6.07) is 0. The Bertz CT molecular complexity index is 647. The van der Waals surface area contributed by atoms with Gasteiger partial charge in [-0.25, -0.2) is 4.98 Å². The minimum atomic E-state index is 0.299. The molecule has 3 heterocycles. The molecule has 0 unspecified atom stereocenters. The van der Waals surface area contributed by atoms with E-state index in [2.05, 4.69) is 33.9 Å². The van der Waals surface area contributed by atoms with E-state index in [0.29, 0.717) is 12.5 Å². The number of carbonyl (C=O) groups is 1. The van der Waals surface area contributed by atoms with Gasteiger partial charge in [-0.05, 0) is 33.1 Å². The molecule has 2 aliphatic heterocycles. The molecule has 0 atom stereocenters. The van der Waals surface area contributed by atoms with E-state index in [1.54, 1.807) is 11.3 Å².